The molecule has 0 saturated carbocycles. The summed E-state index contributed by atoms with van der Waals surface area (Å²) in [5, 5.41) is 12.7. The van der Waals surface area contributed by atoms with E-state index in [-0.39, 0.29) is 11.9 Å². The van der Waals surface area contributed by atoms with Crippen LogP contribution in [0.3, 0.4) is 0 Å². The molecule has 0 spiro atoms. The first-order chi connectivity index (χ1) is 15.7. The van der Waals surface area contributed by atoms with Gasteiger partial charge >= 0.3 is 0 Å². The Hall–Kier alpha value is -4.05. The third kappa shape index (κ3) is 3.95. The number of quaternary nitrogens is 1. The molecule has 5 rings (SSSR count). The standard InChI is InChI=1S/C22H22N8O2/c23-11-4-9-18(31)24-22-26-19-16(14-29(27-19)12-10-15-6-2-1-3-7-15)21-25-20(28-30(21)22)17-8-5-13-32-17/h1-3,5-8,13-14H,4,9-12,23H2,(H,24,26,27,31)/p+1. The molecule has 0 bridgehead atoms. The molecule has 0 aliphatic heterocycles. The summed E-state index contributed by atoms with van der Waals surface area (Å²) in [4.78, 5) is 21.6. The molecule has 4 aromatic heterocycles. The lowest BCUT2D eigenvalue weighted by molar-refractivity contribution is -0.368. The molecule has 10 heteroatoms. The van der Waals surface area contributed by atoms with Crippen LogP contribution in [0, 0.1) is 0 Å². The fourth-order valence-electron chi connectivity index (χ4n) is 3.50. The quantitative estimate of drug-likeness (QED) is 0.386. The van der Waals surface area contributed by atoms with Gasteiger partial charge in [0.15, 0.2) is 17.1 Å². The highest BCUT2D eigenvalue weighted by atomic mass is 16.3. The molecular formula is C22H23N8O2+. The van der Waals surface area contributed by atoms with E-state index in [0.29, 0.717) is 48.8 Å². The molecule has 1 aromatic carbocycles. The normalized spacial score (nSPS) is 11.4. The summed E-state index contributed by atoms with van der Waals surface area (Å²) >= 11 is 0. The average Bonchev–Trinajstić information content (AvgIpc) is 3.55. The van der Waals surface area contributed by atoms with E-state index in [1.807, 2.05) is 29.1 Å². The zero-order valence-electron chi connectivity index (χ0n) is 17.4. The molecular weight excluding hydrogens is 408 g/mol. The van der Waals surface area contributed by atoms with Gasteiger partial charge in [-0.3, -0.25) is 14.8 Å². The van der Waals surface area contributed by atoms with Crippen molar-refractivity contribution in [3.8, 4) is 11.6 Å². The maximum absolute atomic E-state index is 12.4. The van der Waals surface area contributed by atoms with Crippen molar-refractivity contribution in [1.29, 1.82) is 0 Å². The van der Waals surface area contributed by atoms with Crippen LogP contribution in [-0.4, -0.2) is 41.8 Å². The first-order valence-corrected chi connectivity index (χ1v) is 10.5. The second kappa shape index (κ2) is 8.60. The minimum Gasteiger partial charge on any atom is -0.461 e. The van der Waals surface area contributed by atoms with Crippen LogP contribution in [0.4, 0.5) is 5.95 Å². The van der Waals surface area contributed by atoms with Crippen molar-refractivity contribution in [3.63, 3.8) is 0 Å². The fourth-order valence-corrected chi connectivity index (χ4v) is 3.50. The van der Waals surface area contributed by atoms with Crippen LogP contribution in [0.15, 0.2) is 59.3 Å². The van der Waals surface area contributed by atoms with Gasteiger partial charge in [0.2, 0.25) is 17.7 Å². The smallest absolute Gasteiger partial charge is 0.234 e. The Morgan fingerprint density at radius 1 is 1.09 bits per heavy atom. The summed E-state index contributed by atoms with van der Waals surface area (Å²) < 4.78 is 8.83. The number of aromatic nitrogens is 6. The minimum absolute atomic E-state index is 0.152. The maximum atomic E-state index is 12.4. The Labute approximate surface area is 183 Å². The van der Waals surface area contributed by atoms with Gasteiger partial charge in [0.1, 0.15) is 0 Å². The topological polar surface area (TPSA) is 131 Å². The zero-order valence-corrected chi connectivity index (χ0v) is 17.4. The molecule has 0 aliphatic carbocycles. The number of anilines is 1. The van der Waals surface area contributed by atoms with E-state index < -0.39 is 0 Å². The van der Waals surface area contributed by atoms with Gasteiger partial charge in [-0.15, -0.1) is 5.10 Å². The predicted molar refractivity (Wildman–Crippen MR) is 118 cm³/mol. The Balaban J connectivity index is 1.54. The van der Waals surface area contributed by atoms with Gasteiger partial charge in [-0.2, -0.15) is 14.6 Å². The number of furan rings is 1. The van der Waals surface area contributed by atoms with Gasteiger partial charge in [0, 0.05) is 25.6 Å². The van der Waals surface area contributed by atoms with Gasteiger partial charge in [-0.05, 0) is 24.1 Å². The van der Waals surface area contributed by atoms with Crippen LogP contribution >= 0.6 is 0 Å². The van der Waals surface area contributed by atoms with E-state index in [9.17, 15) is 4.79 Å². The summed E-state index contributed by atoms with van der Waals surface area (Å²) in [6, 6.07) is 13.8. The molecule has 0 atom stereocenters. The van der Waals surface area contributed by atoms with Gasteiger partial charge < -0.3 is 10.2 Å². The molecule has 5 aromatic rings. The Morgan fingerprint density at radius 3 is 2.75 bits per heavy atom. The van der Waals surface area contributed by atoms with E-state index in [1.54, 1.807) is 18.4 Å². The van der Waals surface area contributed by atoms with Crippen molar-refractivity contribution in [2.75, 3.05) is 11.9 Å². The first kappa shape index (κ1) is 19.9. The molecule has 4 N–H and O–H groups in total. The minimum atomic E-state index is -0.152. The number of hydrogen-bond donors (Lipinski definition) is 2. The largest absolute Gasteiger partial charge is 0.461 e. The van der Waals surface area contributed by atoms with Crippen LogP contribution in [0.2, 0.25) is 0 Å². The number of rotatable bonds is 8. The SMILES string of the molecule is [NH3+]CCCC(=O)Nc1nc2nn(CCc3ccccc3)cc2c2nc(-c3ccco3)nn12. The van der Waals surface area contributed by atoms with E-state index in [1.165, 1.54) is 10.1 Å². The number of nitrogens with one attached hydrogen (secondary N) is 1. The molecule has 0 unspecified atom stereocenters. The third-order valence-electron chi connectivity index (χ3n) is 5.12. The van der Waals surface area contributed by atoms with Crippen LogP contribution in [0.5, 0.6) is 0 Å². The fraction of sp³-hybridized carbons (Fsp3) is 0.227. The third-order valence-corrected chi connectivity index (χ3v) is 5.12. The lowest BCUT2D eigenvalue weighted by Crippen LogP contribution is -2.50. The summed E-state index contributed by atoms with van der Waals surface area (Å²) in [6.07, 6.45) is 5.37. The Kier molecular flexibility index (Phi) is 5.34. The Morgan fingerprint density at radius 2 is 1.97 bits per heavy atom. The highest BCUT2D eigenvalue weighted by Gasteiger charge is 2.19. The number of aryl methyl sites for hydroxylation is 2. The first-order valence-electron chi connectivity index (χ1n) is 10.5. The van der Waals surface area contributed by atoms with E-state index in [2.05, 4.69) is 43.3 Å². The second-order valence-corrected chi connectivity index (χ2v) is 7.45. The summed E-state index contributed by atoms with van der Waals surface area (Å²) in [5.74, 6) is 1.07. The summed E-state index contributed by atoms with van der Waals surface area (Å²) in [7, 11) is 0. The molecule has 0 fully saturated rings. The Bertz CT molecular complexity index is 1360. The van der Waals surface area contributed by atoms with Crippen molar-refractivity contribution < 1.29 is 14.9 Å². The number of benzene rings is 1. The van der Waals surface area contributed by atoms with Gasteiger partial charge in [-0.1, -0.05) is 30.3 Å². The van der Waals surface area contributed by atoms with Crippen LogP contribution in [-0.2, 0) is 17.8 Å². The molecule has 0 saturated heterocycles. The van der Waals surface area contributed by atoms with Gasteiger partial charge in [0.05, 0.1) is 18.2 Å². The second-order valence-electron chi connectivity index (χ2n) is 7.45. The molecule has 0 radical (unpaired) electrons. The van der Waals surface area contributed by atoms with Crippen LogP contribution < -0.4 is 11.1 Å². The molecule has 0 aliphatic rings. The molecule has 10 nitrogen and oxygen atoms in total. The van der Waals surface area contributed by atoms with Crippen molar-refractivity contribution in [2.45, 2.75) is 25.8 Å². The molecule has 162 valence electrons. The highest BCUT2D eigenvalue weighted by molar-refractivity contribution is 5.94. The zero-order chi connectivity index (χ0) is 21.9. The van der Waals surface area contributed by atoms with E-state index in [0.717, 1.165) is 11.8 Å². The van der Waals surface area contributed by atoms with E-state index in [4.69, 9.17) is 4.42 Å². The van der Waals surface area contributed by atoms with Gasteiger partial charge in [0.25, 0.3) is 0 Å². The maximum Gasteiger partial charge on any atom is 0.234 e. The lowest BCUT2D eigenvalue weighted by atomic mass is 10.1. The summed E-state index contributed by atoms with van der Waals surface area (Å²) in [6.45, 7) is 1.38. The monoisotopic (exact) mass is 431 g/mol. The van der Waals surface area contributed by atoms with Crippen LogP contribution in [0.1, 0.15) is 18.4 Å². The van der Waals surface area contributed by atoms with Crippen molar-refractivity contribution in [2.24, 2.45) is 0 Å². The predicted octanol–water partition coefficient (Wildman–Crippen LogP) is 1.94. The number of fused-ring (bicyclic) bond motifs is 3. The highest BCUT2D eigenvalue weighted by Crippen LogP contribution is 2.24. The average molecular weight is 431 g/mol. The molecule has 4 heterocycles. The van der Waals surface area contributed by atoms with E-state index >= 15 is 0 Å². The molecule has 1 amide bonds. The van der Waals surface area contributed by atoms with Gasteiger partial charge in [-0.25, -0.2) is 4.98 Å². The van der Waals surface area contributed by atoms with Crippen molar-refractivity contribution in [3.05, 3.63) is 60.5 Å². The summed E-state index contributed by atoms with van der Waals surface area (Å²) in [5.41, 5.74) is 6.06. The number of nitrogens with zero attached hydrogens (tertiary/aromatic N) is 6. The van der Waals surface area contributed by atoms with Crippen LogP contribution in [0.25, 0.3) is 28.3 Å². The number of carbonyl (C=O) groups excluding carboxylic acids is 1. The van der Waals surface area contributed by atoms with Crippen molar-refractivity contribution in [1.82, 2.24) is 29.4 Å². The number of amides is 1. The molecule has 32 heavy (non-hydrogen) atoms. The van der Waals surface area contributed by atoms with Crippen molar-refractivity contribution >= 4 is 28.5 Å². The number of hydrogen-bond acceptors (Lipinski definition) is 6. The number of carbonyl (C=O) groups is 1. The lowest BCUT2D eigenvalue weighted by Gasteiger charge is -2.05.